The molecule has 1 unspecified atom stereocenters. The molecule has 1 atom stereocenters. The van der Waals surface area contributed by atoms with Crippen LogP contribution in [0.3, 0.4) is 0 Å². The van der Waals surface area contributed by atoms with Crippen LogP contribution in [0.2, 0.25) is 0 Å². The van der Waals surface area contributed by atoms with Gasteiger partial charge in [-0.05, 0) is 42.7 Å². The van der Waals surface area contributed by atoms with E-state index in [2.05, 4.69) is 21.6 Å². The third-order valence-corrected chi connectivity index (χ3v) is 5.00. The molecule has 0 saturated carbocycles. The summed E-state index contributed by atoms with van der Waals surface area (Å²) < 4.78 is 19.3. The Bertz CT molecular complexity index is 812. The molecular weight excluding hydrogens is 369 g/mol. The van der Waals surface area contributed by atoms with Gasteiger partial charge in [0.05, 0.1) is 19.3 Å². The van der Waals surface area contributed by atoms with Crippen molar-refractivity contribution in [1.29, 1.82) is 0 Å². The van der Waals surface area contributed by atoms with Gasteiger partial charge in [-0.1, -0.05) is 36.4 Å². The highest BCUT2D eigenvalue weighted by molar-refractivity contribution is 5.78. The monoisotopic (exact) mass is 399 g/mol. The molecule has 0 radical (unpaired) electrons. The number of benzene rings is 2. The summed E-state index contributed by atoms with van der Waals surface area (Å²) in [6.45, 7) is 7.62. The van der Waals surface area contributed by atoms with Gasteiger partial charge in [-0.2, -0.15) is 0 Å². The largest absolute Gasteiger partial charge is 0.374 e. The molecule has 1 aliphatic rings. The van der Waals surface area contributed by atoms with Crippen molar-refractivity contribution in [3.05, 3.63) is 71.0 Å². The van der Waals surface area contributed by atoms with Crippen molar-refractivity contribution in [3.8, 4) is 0 Å². The molecule has 3 rings (SSSR count). The molecule has 1 amide bonds. The number of ether oxygens (including phenoxy) is 1. The number of rotatable bonds is 8. The van der Waals surface area contributed by atoms with Gasteiger partial charge in [0.25, 0.3) is 0 Å². The number of hydrogen-bond donors (Lipinski definition) is 2. The lowest BCUT2D eigenvalue weighted by molar-refractivity contribution is -0.123. The first-order chi connectivity index (χ1) is 14.0. The first kappa shape index (κ1) is 21.4. The Hall–Kier alpha value is -2.28. The lowest BCUT2D eigenvalue weighted by Crippen LogP contribution is -2.49. The van der Waals surface area contributed by atoms with Crippen LogP contribution in [0.25, 0.3) is 0 Å². The van der Waals surface area contributed by atoms with Crippen LogP contribution in [0.4, 0.5) is 4.39 Å². The molecule has 5 nitrogen and oxygen atoms in total. The maximum absolute atomic E-state index is 13.6. The molecule has 1 heterocycles. The molecular formula is C23H30FN3O2. The van der Waals surface area contributed by atoms with Gasteiger partial charge in [-0.3, -0.25) is 9.69 Å². The molecule has 0 aliphatic carbocycles. The molecule has 29 heavy (non-hydrogen) atoms. The predicted octanol–water partition coefficient (Wildman–Crippen LogP) is 3.01. The first-order valence-corrected chi connectivity index (χ1v) is 10.2. The first-order valence-electron chi connectivity index (χ1n) is 10.2. The van der Waals surface area contributed by atoms with Crippen LogP contribution >= 0.6 is 0 Å². The van der Waals surface area contributed by atoms with Crippen LogP contribution in [-0.2, 0) is 22.7 Å². The fraction of sp³-hybridized carbons (Fsp3) is 0.435. The minimum absolute atomic E-state index is 0.0123. The van der Waals surface area contributed by atoms with Crippen molar-refractivity contribution in [2.75, 3.05) is 26.2 Å². The van der Waals surface area contributed by atoms with Crippen molar-refractivity contribution < 1.29 is 13.9 Å². The summed E-state index contributed by atoms with van der Waals surface area (Å²) in [6.07, 6.45) is 0.184. The molecule has 0 spiro atoms. The molecule has 2 aromatic carbocycles. The predicted molar refractivity (Wildman–Crippen MR) is 112 cm³/mol. The summed E-state index contributed by atoms with van der Waals surface area (Å²) in [6, 6.07) is 14.7. The van der Waals surface area contributed by atoms with E-state index in [0.717, 1.165) is 29.8 Å². The van der Waals surface area contributed by atoms with E-state index >= 15 is 0 Å². The number of halogens is 1. The smallest absolute Gasteiger partial charge is 0.234 e. The Balaban J connectivity index is 1.55. The van der Waals surface area contributed by atoms with Crippen LogP contribution < -0.4 is 10.6 Å². The molecule has 2 N–H and O–H groups in total. The van der Waals surface area contributed by atoms with Crippen molar-refractivity contribution >= 4 is 5.91 Å². The third kappa shape index (κ3) is 6.63. The van der Waals surface area contributed by atoms with Gasteiger partial charge in [-0.15, -0.1) is 0 Å². The number of nitrogens with one attached hydrogen (secondary N) is 2. The van der Waals surface area contributed by atoms with Crippen molar-refractivity contribution in [3.63, 3.8) is 0 Å². The van der Waals surface area contributed by atoms with Gasteiger partial charge >= 0.3 is 0 Å². The van der Waals surface area contributed by atoms with E-state index in [1.807, 2.05) is 38.1 Å². The Morgan fingerprint density at radius 1 is 1.24 bits per heavy atom. The summed E-state index contributed by atoms with van der Waals surface area (Å²) in [5, 5.41) is 6.34. The maximum atomic E-state index is 13.6. The van der Waals surface area contributed by atoms with Crippen LogP contribution in [0.5, 0.6) is 0 Å². The molecule has 1 saturated heterocycles. The van der Waals surface area contributed by atoms with Crippen LogP contribution in [0.1, 0.15) is 36.6 Å². The molecule has 0 bridgehead atoms. The van der Waals surface area contributed by atoms with Crippen LogP contribution in [-0.4, -0.2) is 43.1 Å². The van der Waals surface area contributed by atoms with E-state index in [0.29, 0.717) is 26.2 Å². The lowest BCUT2D eigenvalue weighted by atomic mass is 10.0. The van der Waals surface area contributed by atoms with Gasteiger partial charge in [0.15, 0.2) is 0 Å². The summed E-state index contributed by atoms with van der Waals surface area (Å²) in [4.78, 5) is 14.7. The standard InChI is InChI=1S/C23H30FN3O2/c1-17(2)29-16-19-6-3-5-18(11-19)13-26-23(28)15-27-10-9-25-14-22(27)20-7-4-8-21(24)12-20/h3-8,11-12,17,22,25H,9-10,13-16H2,1-2H3,(H,26,28). The summed E-state index contributed by atoms with van der Waals surface area (Å²) in [5.41, 5.74) is 3.03. The SMILES string of the molecule is CC(C)OCc1cccc(CNC(=O)CN2CCNCC2c2cccc(F)c2)c1. The number of nitrogens with zero attached hydrogens (tertiary/aromatic N) is 1. The summed E-state index contributed by atoms with van der Waals surface area (Å²) in [7, 11) is 0. The van der Waals surface area contributed by atoms with Crippen LogP contribution in [0.15, 0.2) is 48.5 Å². The topological polar surface area (TPSA) is 53.6 Å². The Morgan fingerprint density at radius 3 is 2.83 bits per heavy atom. The highest BCUT2D eigenvalue weighted by Gasteiger charge is 2.25. The Labute approximate surface area is 172 Å². The second kappa shape index (κ2) is 10.5. The van der Waals surface area contributed by atoms with E-state index < -0.39 is 0 Å². The number of hydrogen-bond acceptors (Lipinski definition) is 4. The minimum atomic E-state index is -0.251. The number of amides is 1. The van der Waals surface area contributed by atoms with E-state index in [1.54, 1.807) is 12.1 Å². The molecule has 6 heteroatoms. The zero-order valence-electron chi connectivity index (χ0n) is 17.2. The second-order valence-corrected chi connectivity index (χ2v) is 7.70. The normalized spacial score (nSPS) is 17.4. The number of carbonyl (C=O) groups is 1. The van der Waals surface area contributed by atoms with Gasteiger partial charge in [-0.25, -0.2) is 4.39 Å². The van der Waals surface area contributed by atoms with Gasteiger partial charge < -0.3 is 15.4 Å². The molecule has 2 aromatic rings. The van der Waals surface area contributed by atoms with Crippen molar-refractivity contribution in [1.82, 2.24) is 15.5 Å². The van der Waals surface area contributed by atoms with E-state index in [1.165, 1.54) is 6.07 Å². The number of carbonyl (C=O) groups excluding carboxylic acids is 1. The highest BCUT2D eigenvalue weighted by Crippen LogP contribution is 2.22. The lowest BCUT2D eigenvalue weighted by Gasteiger charge is -2.36. The average molecular weight is 400 g/mol. The fourth-order valence-electron chi connectivity index (χ4n) is 3.51. The van der Waals surface area contributed by atoms with E-state index in [-0.39, 0.29) is 23.9 Å². The van der Waals surface area contributed by atoms with Gasteiger partial charge in [0, 0.05) is 32.2 Å². The highest BCUT2D eigenvalue weighted by atomic mass is 19.1. The number of piperazine rings is 1. The molecule has 1 fully saturated rings. The van der Waals surface area contributed by atoms with Gasteiger partial charge in [0.1, 0.15) is 5.82 Å². The van der Waals surface area contributed by atoms with E-state index in [4.69, 9.17) is 4.74 Å². The molecule has 156 valence electrons. The Morgan fingerprint density at radius 2 is 2.03 bits per heavy atom. The minimum Gasteiger partial charge on any atom is -0.374 e. The molecule has 0 aromatic heterocycles. The van der Waals surface area contributed by atoms with Crippen LogP contribution in [0, 0.1) is 5.82 Å². The zero-order valence-corrected chi connectivity index (χ0v) is 17.2. The van der Waals surface area contributed by atoms with Crippen molar-refractivity contribution in [2.45, 2.75) is 39.1 Å². The zero-order chi connectivity index (χ0) is 20.6. The quantitative estimate of drug-likeness (QED) is 0.717. The summed E-state index contributed by atoms with van der Waals surface area (Å²) >= 11 is 0. The van der Waals surface area contributed by atoms with E-state index in [9.17, 15) is 9.18 Å². The summed E-state index contributed by atoms with van der Waals surface area (Å²) in [5.74, 6) is -0.282. The second-order valence-electron chi connectivity index (χ2n) is 7.70. The molecule has 1 aliphatic heterocycles. The fourth-order valence-corrected chi connectivity index (χ4v) is 3.51. The van der Waals surface area contributed by atoms with Gasteiger partial charge in [0.2, 0.25) is 5.91 Å². The third-order valence-electron chi connectivity index (χ3n) is 5.00. The Kier molecular flexibility index (Phi) is 7.75. The maximum Gasteiger partial charge on any atom is 0.234 e. The van der Waals surface area contributed by atoms with Crippen molar-refractivity contribution in [2.24, 2.45) is 0 Å². The average Bonchev–Trinajstić information content (AvgIpc) is 2.71.